The first-order valence-electron chi connectivity index (χ1n) is 12.2. The fourth-order valence-corrected chi connectivity index (χ4v) is 5.96. The van der Waals surface area contributed by atoms with Crippen LogP contribution in [0.2, 0.25) is 5.02 Å². The van der Waals surface area contributed by atoms with Crippen molar-refractivity contribution in [1.29, 1.82) is 5.41 Å². The summed E-state index contributed by atoms with van der Waals surface area (Å²) in [7, 11) is 0. The topological polar surface area (TPSA) is 118 Å². The number of nitrogens with zero attached hydrogens (tertiary/aromatic N) is 4. The quantitative estimate of drug-likeness (QED) is 0.225. The molecule has 0 spiro atoms. The lowest BCUT2D eigenvalue weighted by atomic mass is 9.89. The van der Waals surface area contributed by atoms with Crippen molar-refractivity contribution in [3.63, 3.8) is 0 Å². The van der Waals surface area contributed by atoms with Crippen LogP contribution in [0.5, 0.6) is 0 Å². The number of benzene rings is 2. The SMILES string of the molecule is Cc1nc(C2OC3COC3C(N/C=C(\C=N)c3ccc(Cl)c(F)c3F)C2O)n(-c2cc(F)c3nc(C)sc3c2)n1. The van der Waals surface area contributed by atoms with E-state index in [9.17, 15) is 18.3 Å². The van der Waals surface area contributed by atoms with Gasteiger partial charge in [-0.2, -0.15) is 5.10 Å². The molecule has 2 saturated heterocycles. The lowest BCUT2D eigenvalue weighted by molar-refractivity contribution is -0.277. The maximum atomic E-state index is 14.9. The summed E-state index contributed by atoms with van der Waals surface area (Å²) in [5, 5.41) is 26.9. The van der Waals surface area contributed by atoms with Gasteiger partial charge in [0.1, 0.15) is 35.8 Å². The van der Waals surface area contributed by atoms with Crippen LogP contribution in [0, 0.1) is 36.7 Å². The number of fused-ring (bicyclic) bond motifs is 2. The van der Waals surface area contributed by atoms with Gasteiger partial charge in [0.25, 0.3) is 0 Å². The third-order valence-corrected chi connectivity index (χ3v) is 8.09. The summed E-state index contributed by atoms with van der Waals surface area (Å²) in [6.07, 6.45) is -1.06. The molecule has 4 aromatic rings. The highest BCUT2D eigenvalue weighted by Gasteiger charge is 2.52. The van der Waals surface area contributed by atoms with Crippen LogP contribution < -0.4 is 5.32 Å². The van der Waals surface area contributed by atoms with Crippen LogP contribution in [0.25, 0.3) is 21.5 Å². The van der Waals surface area contributed by atoms with E-state index in [1.54, 1.807) is 19.9 Å². The highest BCUT2D eigenvalue weighted by molar-refractivity contribution is 7.18. The molecule has 4 heterocycles. The molecule has 14 heteroatoms. The molecule has 208 valence electrons. The number of rotatable bonds is 6. The predicted molar refractivity (Wildman–Crippen MR) is 142 cm³/mol. The van der Waals surface area contributed by atoms with Gasteiger partial charge in [0.05, 0.1) is 33.1 Å². The molecule has 3 N–H and O–H groups in total. The van der Waals surface area contributed by atoms with Gasteiger partial charge in [-0.05, 0) is 32.0 Å². The monoisotopic (exact) mass is 590 g/mol. The van der Waals surface area contributed by atoms with Crippen LogP contribution in [0.3, 0.4) is 0 Å². The fraction of sp³-hybridized carbons (Fsp3) is 0.308. The fourth-order valence-electron chi connectivity index (χ4n) is 4.94. The van der Waals surface area contributed by atoms with Gasteiger partial charge in [0.2, 0.25) is 0 Å². The van der Waals surface area contributed by atoms with Crippen LogP contribution >= 0.6 is 22.9 Å². The van der Waals surface area contributed by atoms with Gasteiger partial charge < -0.3 is 25.3 Å². The number of hydrogen-bond donors (Lipinski definition) is 3. The Balaban J connectivity index is 1.34. The van der Waals surface area contributed by atoms with Crippen LogP contribution in [0.1, 0.15) is 28.3 Å². The number of ether oxygens (including phenoxy) is 2. The van der Waals surface area contributed by atoms with Crippen LogP contribution in [-0.4, -0.2) is 62.0 Å². The van der Waals surface area contributed by atoms with Crippen LogP contribution in [0.15, 0.2) is 30.5 Å². The van der Waals surface area contributed by atoms with Crippen LogP contribution in [0.4, 0.5) is 13.2 Å². The molecular weight excluding hydrogens is 569 g/mol. The van der Waals surface area contributed by atoms with Gasteiger partial charge in [-0.1, -0.05) is 11.6 Å². The summed E-state index contributed by atoms with van der Waals surface area (Å²) < 4.78 is 57.3. The van der Waals surface area contributed by atoms with E-state index in [1.165, 1.54) is 40.4 Å². The smallest absolute Gasteiger partial charge is 0.178 e. The minimum absolute atomic E-state index is 0.0156. The lowest BCUT2D eigenvalue weighted by Crippen LogP contribution is -2.66. The Kier molecular flexibility index (Phi) is 6.87. The van der Waals surface area contributed by atoms with Gasteiger partial charge >= 0.3 is 0 Å². The Morgan fingerprint density at radius 1 is 1.23 bits per heavy atom. The summed E-state index contributed by atoms with van der Waals surface area (Å²) in [6, 6.07) is 4.73. The maximum Gasteiger partial charge on any atom is 0.178 e. The number of allylic oxidation sites excluding steroid dienone is 1. The Labute approximate surface area is 234 Å². The largest absolute Gasteiger partial charge is 0.388 e. The van der Waals surface area contributed by atoms with Gasteiger partial charge in [-0.25, -0.2) is 27.8 Å². The average Bonchev–Trinajstić information content (AvgIpc) is 3.48. The number of hydrogen-bond acceptors (Lipinski definition) is 9. The molecule has 0 amide bonds. The van der Waals surface area contributed by atoms with E-state index in [-0.39, 0.29) is 34.1 Å². The number of aliphatic hydroxyl groups is 1. The molecule has 0 bridgehead atoms. The molecule has 5 atom stereocenters. The maximum absolute atomic E-state index is 14.9. The second kappa shape index (κ2) is 10.2. The van der Waals surface area contributed by atoms with E-state index in [4.69, 9.17) is 26.5 Å². The Bertz CT molecular complexity index is 1680. The molecule has 0 saturated carbocycles. The molecule has 2 aromatic carbocycles. The van der Waals surface area contributed by atoms with Crippen molar-refractivity contribution in [2.45, 2.75) is 44.3 Å². The molecule has 2 fully saturated rings. The highest BCUT2D eigenvalue weighted by atomic mass is 35.5. The molecule has 2 aromatic heterocycles. The van der Waals surface area contributed by atoms with E-state index in [0.29, 0.717) is 16.2 Å². The molecule has 2 aliphatic rings. The summed E-state index contributed by atoms with van der Waals surface area (Å²) in [6.45, 7) is 3.73. The number of aryl methyl sites for hydroxylation is 2. The van der Waals surface area contributed by atoms with Crippen molar-refractivity contribution >= 4 is 44.9 Å². The zero-order valence-corrected chi connectivity index (χ0v) is 22.6. The molecule has 2 aliphatic heterocycles. The van der Waals surface area contributed by atoms with Crippen molar-refractivity contribution in [1.82, 2.24) is 25.1 Å². The molecule has 9 nitrogen and oxygen atoms in total. The minimum Gasteiger partial charge on any atom is -0.388 e. The van der Waals surface area contributed by atoms with E-state index >= 15 is 0 Å². The highest BCUT2D eigenvalue weighted by Crippen LogP contribution is 2.38. The number of thiazole rings is 1. The summed E-state index contributed by atoms with van der Waals surface area (Å²) in [4.78, 5) is 8.72. The third-order valence-electron chi connectivity index (χ3n) is 6.88. The second-order valence-electron chi connectivity index (χ2n) is 9.48. The zero-order valence-electron chi connectivity index (χ0n) is 21.0. The summed E-state index contributed by atoms with van der Waals surface area (Å²) in [5.74, 6) is -2.30. The summed E-state index contributed by atoms with van der Waals surface area (Å²) >= 11 is 7.00. The van der Waals surface area contributed by atoms with Gasteiger partial charge in [-0.3, -0.25) is 0 Å². The molecular formula is C26H22ClF3N6O3S. The van der Waals surface area contributed by atoms with E-state index in [0.717, 1.165) is 11.2 Å². The summed E-state index contributed by atoms with van der Waals surface area (Å²) in [5.41, 5.74) is 0.493. The zero-order chi connectivity index (χ0) is 28.3. The Hall–Kier alpha value is -3.36. The van der Waals surface area contributed by atoms with Crippen molar-refractivity contribution in [3.8, 4) is 5.69 Å². The molecule has 5 unspecified atom stereocenters. The normalized spacial score (nSPS) is 24.6. The molecule has 0 radical (unpaired) electrons. The van der Waals surface area contributed by atoms with E-state index in [1.807, 2.05) is 0 Å². The van der Waals surface area contributed by atoms with E-state index < -0.39 is 47.9 Å². The number of aliphatic hydroxyl groups excluding tert-OH is 1. The number of halogens is 4. The van der Waals surface area contributed by atoms with Gasteiger partial charge in [0, 0.05) is 29.6 Å². The van der Waals surface area contributed by atoms with E-state index in [2.05, 4.69) is 20.4 Å². The first kappa shape index (κ1) is 26.8. The van der Waals surface area contributed by atoms with Gasteiger partial charge in [-0.15, -0.1) is 11.3 Å². The van der Waals surface area contributed by atoms with Crippen molar-refractivity contribution in [2.24, 2.45) is 0 Å². The molecule has 40 heavy (non-hydrogen) atoms. The van der Waals surface area contributed by atoms with Crippen molar-refractivity contribution < 1.29 is 27.8 Å². The molecule has 6 rings (SSSR count). The first-order chi connectivity index (χ1) is 19.2. The average molecular weight is 591 g/mol. The minimum atomic E-state index is -1.25. The van der Waals surface area contributed by atoms with Crippen molar-refractivity contribution in [3.05, 3.63) is 75.2 Å². The molecule has 0 aliphatic carbocycles. The Morgan fingerprint density at radius 2 is 2.02 bits per heavy atom. The third kappa shape index (κ3) is 4.47. The number of aromatic nitrogens is 4. The second-order valence-corrected chi connectivity index (χ2v) is 11.1. The standard InChI is InChI=1S/C26H22ClF3N6O3S/c1-10-33-26(36(35-10)13-5-16(28)21-18(6-13)40-11(2)34-21)25-23(37)22(24-17(39-25)9-38-24)32-8-12(7-31)14-3-4-15(27)20(30)19(14)29/h3-8,17,22-25,31-32,37H,9H2,1-2H3/b12-8+,31-7?. The van der Waals surface area contributed by atoms with Crippen molar-refractivity contribution in [2.75, 3.05) is 6.61 Å². The van der Waals surface area contributed by atoms with Gasteiger partial charge in [0.15, 0.2) is 23.3 Å². The predicted octanol–water partition coefficient (Wildman–Crippen LogP) is 4.41. The van der Waals surface area contributed by atoms with Crippen LogP contribution in [-0.2, 0) is 9.47 Å². The lowest BCUT2D eigenvalue weighted by Gasteiger charge is -2.50. The number of nitrogens with one attached hydrogen (secondary N) is 2. The Morgan fingerprint density at radius 3 is 2.75 bits per heavy atom. The first-order valence-corrected chi connectivity index (χ1v) is 13.4.